The van der Waals surface area contributed by atoms with E-state index < -0.39 is 0 Å². The van der Waals surface area contributed by atoms with E-state index in [2.05, 4.69) is 15.3 Å². The number of hydrogen-bond acceptors (Lipinski definition) is 4. The summed E-state index contributed by atoms with van der Waals surface area (Å²) in [6, 6.07) is 17.9. The fourth-order valence-electron chi connectivity index (χ4n) is 3.43. The Morgan fingerprint density at radius 2 is 1.97 bits per heavy atom. The van der Waals surface area contributed by atoms with Crippen molar-refractivity contribution in [2.75, 3.05) is 5.32 Å². The van der Waals surface area contributed by atoms with Gasteiger partial charge in [0.1, 0.15) is 5.69 Å². The fraction of sp³-hybridized carbons (Fsp3) is 0.0870. The van der Waals surface area contributed by atoms with E-state index in [9.17, 15) is 4.79 Å². The third-order valence-corrected chi connectivity index (χ3v) is 5.91. The SMILES string of the molecule is Cc1ccc2cc(C(=O)Nc3nc(-c4ccccc4)c(-c4nccn4C)s3)[nH]c2c1. The van der Waals surface area contributed by atoms with Gasteiger partial charge in [-0.15, -0.1) is 0 Å². The number of hydrogen-bond donors (Lipinski definition) is 2. The summed E-state index contributed by atoms with van der Waals surface area (Å²) in [5.41, 5.74) is 4.37. The van der Waals surface area contributed by atoms with E-state index in [1.54, 1.807) is 6.20 Å². The summed E-state index contributed by atoms with van der Waals surface area (Å²) >= 11 is 1.42. The van der Waals surface area contributed by atoms with Gasteiger partial charge in [0.2, 0.25) is 0 Å². The molecule has 0 aliphatic rings. The molecule has 0 saturated heterocycles. The number of carbonyl (C=O) groups excluding carboxylic acids is 1. The second-order valence-corrected chi connectivity index (χ2v) is 8.15. The minimum absolute atomic E-state index is 0.219. The van der Waals surface area contributed by atoms with Gasteiger partial charge in [0.15, 0.2) is 11.0 Å². The molecule has 2 aromatic carbocycles. The Hall–Kier alpha value is -3.71. The predicted molar refractivity (Wildman–Crippen MR) is 121 cm³/mol. The summed E-state index contributed by atoms with van der Waals surface area (Å²) in [7, 11) is 1.95. The van der Waals surface area contributed by atoms with Crippen molar-refractivity contribution in [3.63, 3.8) is 0 Å². The number of amides is 1. The molecule has 2 N–H and O–H groups in total. The molecule has 3 heterocycles. The third-order valence-electron chi connectivity index (χ3n) is 4.94. The first-order chi connectivity index (χ1) is 14.6. The third kappa shape index (κ3) is 3.29. The number of fused-ring (bicyclic) bond motifs is 1. The Morgan fingerprint density at radius 3 is 2.73 bits per heavy atom. The normalized spacial score (nSPS) is 11.1. The first-order valence-electron chi connectivity index (χ1n) is 9.53. The van der Waals surface area contributed by atoms with Crippen LogP contribution < -0.4 is 5.32 Å². The van der Waals surface area contributed by atoms with Crippen molar-refractivity contribution in [1.29, 1.82) is 0 Å². The van der Waals surface area contributed by atoms with Crippen LogP contribution in [0.5, 0.6) is 0 Å². The van der Waals surface area contributed by atoms with Crippen LogP contribution in [-0.4, -0.2) is 25.4 Å². The number of nitrogens with zero attached hydrogens (tertiary/aromatic N) is 3. The zero-order valence-electron chi connectivity index (χ0n) is 16.5. The highest BCUT2D eigenvalue weighted by atomic mass is 32.1. The molecule has 5 aromatic rings. The Morgan fingerprint density at radius 1 is 1.13 bits per heavy atom. The molecule has 0 atom stereocenters. The van der Waals surface area contributed by atoms with Crippen LogP contribution in [0.4, 0.5) is 5.13 Å². The van der Waals surface area contributed by atoms with E-state index in [4.69, 9.17) is 4.98 Å². The molecule has 0 saturated carbocycles. The minimum atomic E-state index is -0.219. The van der Waals surface area contributed by atoms with Gasteiger partial charge in [-0.3, -0.25) is 10.1 Å². The quantitative estimate of drug-likeness (QED) is 0.422. The van der Waals surface area contributed by atoms with Gasteiger partial charge in [-0.25, -0.2) is 9.97 Å². The highest BCUT2D eigenvalue weighted by Crippen LogP contribution is 2.38. The summed E-state index contributed by atoms with van der Waals surface area (Å²) in [6.45, 7) is 2.03. The molecule has 6 nitrogen and oxygen atoms in total. The van der Waals surface area contributed by atoms with Crippen LogP contribution in [0.25, 0.3) is 32.9 Å². The molecule has 148 valence electrons. The van der Waals surface area contributed by atoms with Gasteiger partial charge in [-0.05, 0) is 24.6 Å². The van der Waals surface area contributed by atoms with E-state index in [1.165, 1.54) is 11.3 Å². The maximum atomic E-state index is 12.9. The van der Waals surface area contributed by atoms with Crippen LogP contribution in [0.2, 0.25) is 0 Å². The zero-order valence-corrected chi connectivity index (χ0v) is 17.3. The fourth-order valence-corrected chi connectivity index (χ4v) is 4.45. The molecular weight excluding hydrogens is 394 g/mol. The Kier molecular flexibility index (Phi) is 4.44. The maximum Gasteiger partial charge on any atom is 0.273 e. The lowest BCUT2D eigenvalue weighted by Crippen LogP contribution is -2.11. The molecule has 0 aliphatic carbocycles. The monoisotopic (exact) mass is 413 g/mol. The number of nitrogens with one attached hydrogen (secondary N) is 2. The van der Waals surface area contributed by atoms with E-state index >= 15 is 0 Å². The topological polar surface area (TPSA) is 75.6 Å². The molecule has 0 aliphatic heterocycles. The molecule has 0 bridgehead atoms. The first-order valence-corrected chi connectivity index (χ1v) is 10.3. The van der Waals surface area contributed by atoms with Crippen molar-refractivity contribution in [3.05, 3.63) is 78.2 Å². The summed E-state index contributed by atoms with van der Waals surface area (Å²) in [6.07, 6.45) is 3.66. The van der Waals surface area contributed by atoms with E-state index in [0.29, 0.717) is 10.8 Å². The maximum absolute atomic E-state index is 12.9. The zero-order chi connectivity index (χ0) is 20.7. The predicted octanol–water partition coefficient (Wildman–Crippen LogP) is 5.25. The second kappa shape index (κ2) is 7.27. The molecule has 0 spiro atoms. The van der Waals surface area contributed by atoms with E-state index in [-0.39, 0.29) is 5.91 Å². The van der Waals surface area contributed by atoms with Gasteiger partial charge in [0, 0.05) is 35.9 Å². The number of benzene rings is 2. The van der Waals surface area contributed by atoms with Crippen molar-refractivity contribution in [1.82, 2.24) is 19.5 Å². The number of aromatic nitrogens is 4. The van der Waals surface area contributed by atoms with E-state index in [1.807, 2.05) is 79.3 Å². The molecule has 0 radical (unpaired) electrons. The smallest absolute Gasteiger partial charge is 0.273 e. The van der Waals surface area contributed by atoms with Gasteiger partial charge < -0.3 is 9.55 Å². The minimum Gasteiger partial charge on any atom is -0.351 e. The lowest BCUT2D eigenvalue weighted by atomic mass is 10.1. The Labute approximate surface area is 177 Å². The van der Waals surface area contributed by atoms with Gasteiger partial charge in [-0.2, -0.15) is 0 Å². The van der Waals surface area contributed by atoms with Gasteiger partial charge in [0.05, 0.1) is 10.6 Å². The average molecular weight is 414 g/mol. The summed E-state index contributed by atoms with van der Waals surface area (Å²) < 4.78 is 1.95. The highest BCUT2D eigenvalue weighted by Gasteiger charge is 2.20. The van der Waals surface area contributed by atoms with Gasteiger partial charge in [-0.1, -0.05) is 53.8 Å². The molecule has 0 unspecified atom stereocenters. The number of anilines is 1. The molecule has 3 aromatic heterocycles. The summed E-state index contributed by atoms with van der Waals surface area (Å²) in [5, 5.41) is 4.48. The number of thiazole rings is 1. The van der Waals surface area contributed by atoms with Gasteiger partial charge in [0.25, 0.3) is 5.91 Å². The van der Waals surface area contributed by atoms with Crippen molar-refractivity contribution in [3.8, 4) is 22.0 Å². The molecule has 7 heteroatoms. The number of H-pyrrole nitrogens is 1. The summed E-state index contributed by atoms with van der Waals surface area (Å²) in [5.74, 6) is 0.594. The van der Waals surface area contributed by atoms with Crippen LogP contribution in [0, 0.1) is 6.92 Å². The van der Waals surface area contributed by atoms with Gasteiger partial charge >= 0.3 is 0 Å². The number of rotatable bonds is 4. The van der Waals surface area contributed by atoms with Crippen molar-refractivity contribution >= 4 is 33.3 Å². The van der Waals surface area contributed by atoms with Crippen LogP contribution >= 0.6 is 11.3 Å². The van der Waals surface area contributed by atoms with Crippen molar-refractivity contribution in [2.24, 2.45) is 7.05 Å². The van der Waals surface area contributed by atoms with E-state index in [0.717, 1.165) is 38.4 Å². The molecule has 30 heavy (non-hydrogen) atoms. The molecule has 5 rings (SSSR count). The van der Waals surface area contributed by atoms with Crippen LogP contribution in [0.15, 0.2) is 67.0 Å². The average Bonchev–Trinajstić information content (AvgIpc) is 3.46. The van der Waals surface area contributed by atoms with Crippen LogP contribution in [-0.2, 0) is 7.05 Å². The molecule has 0 fully saturated rings. The number of aromatic amines is 1. The molecule has 1 amide bonds. The molecular formula is C23H19N5OS. The van der Waals surface area contributed by atoms with Crippen LogP contribution in [0.3, 0.4) is 0 Å². The van der Waals surface area contributed by atoms with Crippen LogP contribution in [0.1, 0.15) is 16.1 Å². The number of carbonyl (C=O) groups is 1. The first kappa shape index (κ1) is 18.3. The lowest BCUT2D eigenvalue weighted by molar-refractivity contribution is 0.102. The lowest BCUT2D eigenvalue weighted by Gasteiger charge is -2.02. The summed E-state index contributed by atoms with van der Waals surface area (Å²) in [4.78, 5) is 26.2. The largest absolute Gasteiger partial charge is 0.351 e. The Balaban J connectivity index is 1.52. The number of aryl methyl sites for hydroxylation is 2. The van der Waals surface area contributed by atoms with Crippen molar-refractivity contribution in [2.45, 2.75) is 6.92 Å². The highest BCUT2D eigenvalue weighted by molar-refractivity contribution is 7.19. The van der Waals surface area contributed by atoms with Crippen molar-refractivity contribution < 1.29 is 4.79 Å². The standard InChI is InChI=1S/C23H19N5OS/c1-14-8-9-16-13-18(25-17(16)12-14)22(29)27-23-26-19(15-6-4-3-5-7-15)20(30-23)21-24-10-11-28(21)2/h3-13,25H,1-2H3,(H,26,27,29). The second-order valence-electron chi connectivity index (χ2n) is 7.15. The Bertz CT molecular complexity index is 1360. The number of imidazole rings is 1.